The summed E-state index contributed by atoms with van der Waals surface area (Å²) >= 11 is 0. The zero-order chi connectivity index (χ0) is 9.97. The SMILES string of the molecule is CCC(=O)C1CCCc2cccnc21. The standard InChI is InChI=1S/C12H15NO/c1-2-11(14)10-7-3-5-9-6-4-8-13-12(9)10/h4,6,8,10H,2-3,5,7H2,1H3. The molecular formula is C12H15NO. The van der Waals surface area contributed by atoms with E-state index in [2.05, 4.69) is 11.1 Å². The van der Waals surface area contributed by atoms with Gasteiger partial charge in [0.25, 0.3) is 0 Å². The highest BCUT2D eigenvalue weighted by molar-refractivity contribution is 5.85. The number of Topliss-reactive ketones (excluding diaryl/α,β-unsaturated/α-hetero) is 1. The van der Waals surface area contributed by atoms with Crippen molar-refractivity contribution < 1.29 is 4.79 Å². The summed E-state index contributed by atoms with van der Waals surface area (Å²) in [5.41, 5.74) is 2.30. The van der Waals surface area contributed by atoms with Gasteiger partial charge in [-0.1, -0.05) is 13.0 Å². The van der Waals surface area contributed by atoms with Gasteiger partial charge in [-0.05, 0) is 30.9 Å². The van der Waals surface area contributed by atoms with Crippen LogP contribution in [0, 0.1) is 0 Å². The molecule has 0 bridgehead atoms. The van der Waals surface area contributed by atoms with Crippen LogP contribution in [0.25, 0.3) is 0 Å². The molecule has 14 heavy (non-hydrogen) atoms. The van der Waals surface area contributed by atoms with Crippen molar-refractivity contribution in [1.82, 2.24) is 4.98 Å². The second-order valence-corrected chi connectivity index (χ2v) is 3.81. The first kappa shape index (κ1) is 9.38. The van der Waals surface area contributed by atoms with Crippen LogP contribution in [0.15, 0.2) is 18.3 Å². The highest BCUT2D eigenvalue weighted by Crippen LogP contribution is 2.30. The van der Waals surface area contributed by atoms with Crippen LogP contribution < -0.4 is 0 Å². The lowest BCUT2D eigenvalue weighted by molar-refractivity contribution is -0.120. The van der Waals surface area contributed by atoms with Gasteiger partial charge in [0.05, 0.1) is 11.6 Å². The molecule has 0 spiro atoms. The van der Waals surface area contributed by atoms with Gasteiger partial charge in [0, 0.05) is 12.6 Å². The van der Waals surface area contributed by atoms with Crippen LogP contribution in [0.3, 0.4) is 0 Å². The second kappa shape index (κ2) is 3.91. The fourth-order valence-electron chi connectivity index (χ4n) is 2.17. The van der Waals surface area contributed by atoms with Crippen molar-refractivity contribution in [1.29, 1.82) is 0 Å². The molecule has 1 aliphatic rings. The summed E-state index contributed by atoms with van der Waals surface area (Å²) in [7, 11) is 0. The monoisotopic (exact) mass is 189 g/mol. The number of fused-ring (bicyclic) bond motifs is 1. The molecule has 2 nitrogen and oxygen atoms in total. The van der Waals surface area contributed by atoms with E-state index in [4.69, 9.17) is 0 Å². The number of carbonyl (C=O) groups excluding carboxylic acids is 1. The van der Waals surface area contributed by atoms with Gasteiger partial charge in [-0.15, -0.1) is 0 Å². The lowest BCUT2D eigenvalue weighted by Gasteiger charge is -2.22. The maximum absolute atomic E-state index is 11.7. The van der Waals surface area contributed by atoms with Gasteiger partial charge in [-0.2, -0.15) is 0 Å². The molecule has 0 N–H and O–H groups in total. The normalized spacial score (nSPS) is 20.2. The molecule has 1 aliphatic carbocycles. The molecule has 1 heterocycles. The van der Waals surface area contributed by atoms with Gasteiger partial charge in [-0.3, -0.25) is 9.78 Å². The summed E-state index contributed by atoms with van der Waals surface area (Å²) in [6.45, 7) is 1.93. The van der Waals surface area contributed by atoms with Crippen LogP contribution in [-0.4, -0.2) is 10.8 Å². The summed E-state index contributed by atoms with van der Waals surface area (Å²) in [5.74, 6) is 0.412. The number of aromatic nitrogens is 1. The molecule has 0 amide bonds. The Balaban J connectivity index is 2.35. The zero-order valence-corrected chi connectivity index (χ0v) is 8.49. The van der Waals surface area contributed by atoms with Crippen molar-refractivity contribution in [2.24, 2.45) is 0 Å². The molecule has 0 saturated carbocycles. The van der Waals surface area contributed by atoms with E-state index >= 15 is 0 Å². The van der Waals surface area contributed by atoms with E-state index < -0.39 is 0 Å². The average Bonchev–Trinajstić information content (AvgIpc) is 2.27. The largest absolute Gasteiger partial charge is 0.299 e. The number of carbonyl (C=O) groups is 1. The van der Waals surface area contributed by atoms with Crippen molar-refractivity contribution in [2.75, 3.05) is 0 Å². The second-order valence-electron chi connectivity index (χ2n) is 3.81. The number of rotatable bonds is 2. The first-order valence-electron chi connectivity index (χ1n) is 5.29. The van der Waals surface area contributed by atoms with E-state index in [0.717, 1.165) is 25.0 Å². The molecule has 1 atom stereocenters. The Morgan fingerprint density at radius 1 is 1.64 bits per heavy atom. The fourth-order valence-corrected chi connectivity index (χ4v) is 2.17. The summed E-state index contributed by atoms with van der Waals surface area (Å²) in [6.07, 6.45) is 5.60. The summed E-state index contributed by atoms with van der Waals surface area (Å²) < 4.78 is 0. The van der Waals surface area contributed by atoms with Crippen molar-refractivity contribution in [2.45, 2.75) is 38.5 Å². The lowest BCUT2D eigenvalue weighted by Crippen LogP contribution is -2.19. The maximum Gasteiger partial charge on any atom is 0.141 e. The molecule has 2 rings (SSSR count). The van der Waals surface area contributed by atoms with Gasteiger partial charge in [0.2, 0.25) is 0 Å². The van der Waals surface area contributed by atoms with Gasteiger partial charge >= 0.3 is 0 Å². The van der Waals surface area contributed by atoms with Gasteiger partial charge in [0.1, 0.15) is 5.78 Å². The molecule has 74 valence electrons. The molecule has 2 heteroatoms. The molecule has 0 aliphatic heterocycles. The molecule has 1 aromatic heterocycles. The highest BCUT2D eigenvalue weighted by Gasteiger charge is 2.25. The average molecular weight is 189 g/mol. The Hall–Kier alpha value is -1.18. The predicted octanol–water partition coefficient (Wildman–Crippen LogP) is 2.48. The fraction of sp³-hybridized carbons (Fsp3) is 0.500. The van der Waals surface area contributed by atoms with Gasteiger partial charge < -0.3 is 0 Å². The van der Waals surface area contributed by atoms with E-state index in [-0.39, 0.29) is 5.92 Å². The van der Waals surface area contributed by atoms with Crippen molar-refractivity contribution in [3.8, 4) is 0 Å². The maximum atomic E-state index is 11.7. The summed E-state index contributed by atoms with van der Waals surface area (Å²) in [5, 5.41) is 0. The molecule has 1 aromatic rings. The van der Waals surface area contributed by atoms with Crippen LogP contribution in [0.5, 0.6) is 0 Å². The van der Waals surface area contributed by atoms with Crippen molar-refractivity contribution in [3.63, 3.8) is 0 Å². The third kappa shape index (κ3) is 1.57. The Kier molecular flexibility index (Phi) is 2.62. The Labute approximate surface area is 84.4 Å². The van der Waals surface area contributed by atoms with Gasteiger partial charge in [-0.25, -0.2) is 0 Å². The summed E-state index contributed by atoms with van der Waals surface area (Å²) in [4.78, 5) is 16.0. The predicted molar refractivity (Wildman–Crippen MR) is 55.2 cm³/mol. The third-order valence-corrected chi connectivity index (χ3v) is 2.93. The molecule has 0 aromatic carbocycles. The van der Waals surface area contributed by atoms with E-state index in [1.807, 2.05) is 13.0 Å². The van der Waals surface area contributed by atoms with E-state index in [9.17, 15) is 4.79 Å². The highest BCUT2D eigenvalue weighted by atomic mass is 16.1. The molecule has 0 fully saturated rings. The van der Waals surface area contributed by atoms with Crippen LogP contribution in [0.4, 0.5) is 0 Å². The smallest absolute Gasteiger partial charge is 0.141 e. The topological polar surface area (TPSA) is 30.0 Å². The third-order valence-electron chi connectivity index (χ3n) is 2.93. The quantitative estimate of drug-likeness (QED) is 0.715. The zero-order valence-electron chi connectivity index (χ0n) is 8.49. The number of hydrogen-bond acceptors (Lipinski definition) is 2. The minimum Gasteiger partial charge on any atom is -0.299 e. The Bertz CT molecular complexity index is 346. The van der Waals surface area contributed by atoms with E-state index in [1.165, 1.54) is 5.56 Å². The number of ketones is 1. The number of hydrogen-bond donors (Lipinski definition) is 0. The first-order chi connectivity index (χ1) is 6.83. The van der Waals surface area contributed by atoms with E-state index in [0.29, 0.717) is 12.2 Å². The minimum absolute atomic E-state index is 0.0740. The van der Waals surface area contributed by atoms with Crippen LogP contribution in [0.1, 0.15) is 43.4 Å². The van der Waals surface area contributed by atoms with Crippen LogP contribution in [-0.2, 0) is 11.2 Å². The van der Waals surface area contributed by atoms with Crippen LogP contribution in [0.2, 0.25) is 0 Å². The summed E-state index contributed by atoms with van der Waals surface area (Å²) in [6, 6.07) is 4.05. The molecule has 0 radical (unpaired) electrons. The van der Waals surface area contributed by atoms with Crippen molar-refractivity contribution in [3.05, 3.63) is 29.6 Å². The molecule has 0 saturated heterocycles. The Morgan fingerprint density at radius 3 is 3.29 bits per heavy atom. The lowest BCUT2D eigenvalue weighted by atomic mass is 9.83. The van der Waals surface area contributed by atoms with Crippen molar-refractivity contribution >= 4 is 5.78 Å². The Morgan fingerprint density at radius 2 is 2.50 bits per heavy atom. The number of nitrogens with zero attached hydrogens (tertiary/aromatic N) is 1. The van der Waals surface area contributed by atoms with E-state index in [1.54, 1.807) is 6.20 Å². The minimum atomic E-state index is 0.0740. The molecule has 1 unspecified atom stereocenters. The van der Waals surface area contributed by atoms with Crippen LogP contribution >= 0.6 is 0 Å². The molecular weight excluding hydrogens is 174 g/mol. The first-order valence-corrected chi connectivity index (χ1v) is 5.29. The van der Waals surface area contributed by atoms with Gasteiger partial charge in [0.15, 0.2) is 0 Å². The number of pyridine rings is 1. The number of aryl methyl sites for hydroxylation is 1.